The van der Waals surface area contributed by atoms with E-state index >= 15 is 0 Å². The van der Waals surface area contributed by atoms with Crippen molar-refractivity contribution in [1.29, 1.82) is 0 Å². The van der Waals surface area contributed by atoms with Crippen LogP contribution in [0.5, 0.6) is 0 Å². The molecule has 0 amide bonds. The van der Waals surface area contributed by atoms with Gasteiger partial charge in [0.05, 0.1) is 24.8 Å². The Bertz CT molecular complexity index is 557. The summed E-state index contributed by atoms with van der Waals surface area (Å²) in [5, 5.41) is 14.3. The minimum Gasteiger partial charge on any atom is -0.390 e. The van der Waals surface area contributed by atoms with Gasteiger partial charge in [-0.1, -0.05) is 12.1 Å². The van der Waals surface area contributed by atoms with Crippen LogP contribution in [0.3, 0.4) is 0 Å². The number of ether oxygens (including phenoxy) is 2. The summed E-state index contributed by atoms with van der Waals surface area (Å²) < 4.78 is 24.8. The third kappa shape index (κ3) is 4.36. The number of rotatable bonds is 7. The van der Waals surface area contributed by atoms with Crippen molar-refractivity contribution >= 4 is 0 Å². The molecule has 0 radical (unpaired) electrons. The number of aliphatic hydroxyl groups is 1. The van der Waals surface area contributed by atoms with Gasteiger partial charge in [0.25, 0.3) is 0 Å². The molecule has 6 nitrogen and oxygen atoms in total. The Morgan fingerprint density at radius 1 is 1.20 bits per heavy atom. The molecule has 2 aliphatic rings. The standard InChI is InChI=1S/C18H28FN3O3/c1-21(2)8-9-22(3)16-17(23)15(14-11-24-18(16)25-14)20-10-12-4-6-13(19)7-5-12/h4-7,14-18,20,23H,8-11H2,1-3H3/t14-,15+,16-,17-,18+/m0/s1. The summed E-state index contributed by atoms with van der Waals surface area (Å²) in [6.45, 7) is 2.72. The topological polar surface area (TPSA) is 57.2 Å². The molecule has 0 spiro atoms. The summed E-state index contributed by atoms with van der Waals surface area (Å²) in [5.74, 6) is -0.251. The van der Waals surface area contributed by atoms with Gasteiger partial charge in [-0.25, -0.2) is 4.39 Å². The van der Waals surface area contributed by atoms with Gasteiger partial charge in [-0.15, -0.1) is 0 Å². The quantitative estimate of drug-likeness (QED) is 0.734. The van der Waals surface area contributed by atoms with E-state index in [1.165, 1.54) is 12.1 Å². The van der Waals surface area contributed by atoms with Crippen LogP contribution < -0.4 is 5.32 Å². The molecule has 0 unspecified atom stereocenters. The fourth-order valence-electron chi connectivity index (χ4n) is 3.47. The van der Waals surface area contributed by atoms with E-state index in [0.29, 0.717) is 13.2 Å². The van der Waals surface area contributed by atoms with Gasteiger partial charge < -0.3 is 24.8 Å². The van der Waals surface area contributed by atoms with E-state index in [1.807, 2.05) is 21.1 Å². The predicted molar refractivity (Wildman–Crippen MR) is 92.6 cm³/mol. The van der Waals surface area contributed by atoms with Crippen molar-refractivity contribution in [2.45, 2.75) is 37.1 Å². The van der Waals surface area contributed by atoms with Gasteiger partial charge in [-0.3, -0.25) is 4.90 Å². The Kier molecular flexibility index (Phi) is 6.04. The van der Waals surface area contributed by atoms with E-state index < -0.39 is 12.4 Å². The van der Waals surface area contributed by atoms with Crippen LogP contribution >= 0.6 is 0 Å². The molecule has 2 aliphatic heterocycles. The maximum atomic E-state index is 13.0. The smallest absolute Gasteiger partial charge is 0.176 e. The van der Waals surface area contributed by atoms with Crippen LogP contribution in [-0.4, -0.2) is 86.3 Å². The highest BCUT2D eigenvalue weighted by atomic mass is 19.1. The lowest BCUT2D eigenvalue weighted by Gasteiger charge is -2.43. The van der Waals surface area contributed by atoms with Crippen molar-refractivity contribution in [3.05, 3.63) is 35.6 Å². The first-order valence-electron chi connectivity index (χ1n) is 8.73. The first-order chi connectivity index (χ1) is 12.0. The Morgan fingerprint density at radius 3 is 2.60 bits per heavy atom. The summed E-state index contributed by atoms with van der Waals surface area (Å²) in [5.41, 5.74) is 0.965. The van der Waals surface area contributed by atoms with Gasteiger partial charge in [0.2, 0.25) is 0 Å². The van der Waals surface area contributed by atoms with Crippen LogP contribution in [0.4, 0.5) is 4.39 Å². The number of halogens is 1. The van der Waals surface area contributed by atoms with E-state index in [2.05, 4.69) is 15.1 Å². The normalized spacial score (nSPS) is 31.9. The molecule has 5 atom stereocenters. The fourth-order valence-corrected chi connectivity index (χ4v) is 3.47. The van der Waals surface area contributed by atoms with Crippen LogP contribution in [0.25, 0.3) is 0 Å². The van der Waals surface area contributed by atoms with Gasteiger partial charge in [-0.05, 0) is 38.8 Å². The third-order valence-electron chi connectivity index (χ3n) is 4.99. The number of benzene rings is 1. The predicted octanol–water partition coefficient (Wildman–Crippen LogP) is 0.262. The molecule has 1 aromatic carbocycles. The van der Waals surface area contributed by atoms with Crippen molar-refractivity contribution < 1.29 is 19.0 Å². The zero-order chi connectivity index (χ0) is 18.0. The first kappa shape index (κ1) is 18.7. The molecule has 2 N–H and O–H groups in total. The van der Waals surface area contributed by atoms with Crippen LogP contribution in [-0.2, 0) is 16.0 Å². The second kappa shape index (κ2) is 8.07. The number of hydrogen-bond acceptors (Lipinski definition) is 6. The van der Waals surface area contributed by atoms with Crippen molar-refractivity contribution in [3.63, 3.8) is 0 Å². The first-order valence-corrected chi connectivity index (χ1v) is 8.73. The lowest BCUT2D eigenvalue weighted by atomic mass is 9.94. The Morgan fingerprint density at radius 2 is 1.92 bits per heavy atom. The summed E-state index contributed by atoms with van der Waals surface area (Å²) in [4.78, 5) is 4.21. The van der Waals surface area contributed by atoms with E-state index in [1.54, 1.807) is 12.1 Å². The SMILES string of the molecule is CN(C)CCN(C)[C@@H]1[C@@H]2OC[C@H](O2)[C@@H](NCc2ccc(F)cc2)[C@@H]1O. The highest BCUT2D eigenvalue weighted by Gasteiger charge is 2.51. The van der Waals surface area contributed by atoms with Crippen molar-refractivity contribution in [2.24, 2.45) is 0 Å². The van der Waals surface area contributed by atoms with Crippen LogP contribution in [0.15, 0.2) is 24.3 Å². The zero-order valence-electron chi connectivity index (χ0n) is 15.1. The number of hydrogen-bond donors (Lipinski definition) is 2. The minimum absolute atomic E-state index is 0.168. The molecule has 7 heteroatoms. The van der Waals surface area contributed by atoms with Gasteiger partial charge in [0, 0.05) is 19.6 Å². The Hall–Kier alpha value is -1.09. The molecular formula is C18H28FN3O3. The summed E-state index contributed by atoms with van der Waals surface area (Å²) in [7, 11) is 6.04. The summed E-state index contributed by atoms with van der Waals surface area (Å²) in [6.07, 6.45) is -1.16. The highest BCUT2D eigenvalue weighted by molar-refractivity contribution is 5.16. The average Bonchev–Trinajstić information content (AvgIpc) is 2.99. The van der Waals surface area contributed by atoms with Crippen LogP contribution in [0.1, 0.15) is 5.56 Å². The largest absolute Gasteiger partial charge is 0.390 e. The molecule has 0 aliphatic carbocycles. The second-order valence-electron chi connectivity index (χ2n) is 7.17. The molecule has 0 aromatic heterocycles. The molecular weight excluding hydrogens is 325 g/mol. The van der Waals surface area contributed by atoms with Gasteiger partial charge in [0.1, 0.15) is 11.9 Å². The number of aliphatic hydroxyl groups excluding tert-OH is 1. The summed E-state index contributed by atoms with van der Waals surface area (Å²) >= 11 is 0. The average molecular weight is 353 g/mol. The van der Waals surface area contributed by atoms with Crippen molar-refractivity contribution in [3.8, 4) is 0 Å². The maximum absolute atomic E-state index is 13.0. The second-order valence-corrected chi connectivity index (χ2v) is 7.17. The molecule has 2 bridgehead atoms. The van der Waals surface area contributed by atoms with Crippen LogP contribution in [0, 0.1) is 5.82 Å². The van der Waals surface area contributed by atoms with E-state index in [0.717, 1.165) is 18.7 Å². The fraction of sp³-hybridized carbons (Fsp3) is 0.667. The molecule has 2 saturated heterocycles. The van der Waals surface area contributed by atoms with E-state index in [4.69, 9.17) is 9.47 Å². The number of nitrogens with one attached hydrogen (secondary N) is 1. The monoisotopic (exact) mass is 353 g/mol. The van der Waals surface area contributed by atoms with Gasteiger partial charge >= 0.3 is 0 Å². The molecule has 140 valence electrons. The number of nitrogens with zero attached hydrogens (tertiary/aromatic N) is 2. The van der Waals surface area contributed by atoms with Crippen molar-refractivity contribution in [2.75, 3.05) is 40.8 Å². The molecule has 2 fully saturated rings. The van der Waals surface area contributed by atoms with Crippen molar-refractivity contribution in [1.82, 2.24) is 15.1 Å². The third-order valence-corrected chi connectivity index (χ3v) is 4.99. The Balaban J connectivity index is 1.63. The Labute approximate surface area is 148 Å². The van der Waals surface area contributed by atoms with E-state index in [9.17, 15) is 9.50 Å². The van der Waals surface area contributed by atoms with Crippen LogP contribution in [0.2, 0.25) is 0 Å². The molecule has 1 aromatic rings. The van der Waals surface area contributed by atoms with Gasteiger partial charge in [-0.2, -0.15) is 0 Å². The zero-order valence-corrected chi connectivity index (χ0v) is 15.1. The lowest BCUT2D eigenvalue weighted by Crippen LogP contribution is -2.64. The molecule has 2 heterocycles. The molecule has 0 saturated carbocycles. The number of likely N-dealkylation sites (N-methyl/N-ethyl adjacent to an activating group) is 2. The number of fused-ring (bicyclic) bond motifs is 2. The molecule has 3 rings (SSSR count). The summed E-state index contributed by atoms with van der Waals surface area (Å²) in [6, 6.07) is 5.93. The van der Waals surface area contributed by atoms with Gasteiger partial charge in [0.15, 0.2) is 6.29 Å². The highest BCUT2D eigenvalue weighted by Crippen LogP contribution is 2.31. The molecule has 25 heavy (non-hydrogen) atoms. The maximum Gasteiger partial charge on any atom is 0.176 e. The lowest BCUT2D eigenvalue weighted by molar-refractivity contribution is -0.179. The van der Waals surface area contributed by atoms with E-state index in [-0.39, 0.29) is 24.0 Å². The minimum atomic E-state index is -0.598.